The van der Waals surface area contributed by atoms with Gasteiger partial charge in [-0.2, -0.15) is 0 Å². The van der Waals surface area contributed by atoms with Gasteiger partial charge in [0.15, 0.2) is 0 Å². The average Bonchev–Trinajstić information content (AvgIpc) is 2.93. The highest BCUT2D eigenvalue weighted by Gasteiger charge is 2.24. The van der Waals surface area contributed by atoms with Crippen molar-refractivity contribution in [1.29, 1.82) is 0 Å². The van der Waals surface area contributed by atoms with Crippen LogP contribution in [0.15, 0.2) is 70.5 Å². The number of hydrogen-bond donors (Lipinski definition) is 1. The van der Waals surface area contributed by atoms with Crippen LogP contribution in [0.25, 0.3) is 11.1 Å². The molecule has 0 saturated carbocycles. The molecule has 0 spiro atoms. The van der Waals surface area contributed by atoms with Gasteiger partial charge in [0.2, 0.25) is 0 Å². The van der Waals surface area contributed by atoms with E-state index in [1.165, 1.54) is 31.8 Å². The van der Waals surface area contributed by atoms with E-state index in [9.17, 15) is 0 Å². The third-order valence-electron chi connectivity index (χ3n) is 4.94. The van der Waals surface area contributed by atoms with Gasteiger partial charge in [-0.25, -0.2) is 0 Å². The Morgan fingerprint density at radius 1 is 0.846 bits per heavy atom. The summed E-state index contributed by atoms with van der Waals surface area (Å²) in [5, 5.41) is 3.52. The van der Waals surface area contributed by atoms with Crippen molar-refractivity contribution >= 4 is 27.3 Å². The van der Waals surface area contributed by atoms with Gasteiger partial charge < -0.3 is 5.32 Å². The summed E-state index contributed by atoms with van der Waals surface area (Å²) in [7, 11) is 0. The van der Waals surface area contributed by atoms with E-state index in [-0.39, 0.29) is 0 Å². The molecule has 2 heterocycles. The van der Waals surface area contributed by atoms with Crippen molar-refractivity contribution in [2.24, 2.45) is 0 Å². The first-order valence-corrected chi connectivity index (χ1v) is 10.8. The third-order valence-corrected chi connectivity index (χ3v) is 6.61. The van der Waals surface area contributed by atoms with Crippen LogP contribution in [0.2, 0.25) is 0 Å². The molecular formula is C22H23BrN2S. The van der Waals surface area contributed by atoms with Gasteiger partial charge in [0.25, 0.3) is 0 Å². The van der Waals surface area contributed by atoms with E-state index in [1.807, 2.05) is 11.3 Å². The molecular weight excluding hydrogens is 404 g/mol. The van der Waals surface area contributed by atoms with Crippen molar-refractivity contribution in [3.05, 3.63) is 81.0 Å². The molecule has 0 bridgehead atoms. The quantitative estimate of drug-likeness (QED) is 0.586. The maximum atomic E-state index is 3.64. The molecule has 1 N–H and O–H groups in total. The van der Waals surface area contributed by atoms with Gasteiger partial charge in [-0.3, -0.25) is 4.90 Å². The lowest BCUT2D eigenvalue weighted by atomic mass is 9.99. The molecule has 1 aliphatic rings. The molecule has 1 saturated heterocycles. The zero-order chi connectivity index (χ0) is 17.8. The van der Waals surface area contributed by atoms with Gasteiger partial charge in [-0.15, -0.1) is 11.3 Å². The van der Waals surface area contributed by atoms with Crippen molar-refractivity contribution in [3.8, 4) is 11.1 Å². The van der Waals surface area contributed by atoms with E-state index < -0.39 is 0 Å². The Hall–Kier alpha value is -1.46. The fourth-order valence-electron chi connectivity index (χ4n) is 3.64. The number of nitrogens with zero attached hydrogens (tertiary/aromatic N) is 1. The van der Waals surface area contributed by atoms with Gasteiger partial charge >= 0.3 is 0 Å². The zero-order valence-corrected chi connectivity index (χ0v) is 17.1. The minimum absolute atomic E-state index is 0.330. The molecule has 1 aliphatic heterocycles. The lowest BCUT2D eigenvalue weighted by Crippen LogP contribution is -2.32. The number of halogens is 1. The summed E-state index contributed by atoms with van der Waals surface area (Å²) in [6, 6.07) is 24.5. The standard InChI is InChI=1S/C22H23BrN2S/c23-21-12-11-20(26-21)22(25-15-4-13-24-14-16-25)19-9-7-18(8-10-19)17-5-2-1-3-6-17/h1-3,5-12,22,24H,4,13-16H2. The summed E-state index contributed by atoms with van der Waals surface area (Å²) < 4.78 is 1.20. The fourth-order valence-corrected chi connectivity index (χ4v) is 5.23. The van der Waals surface area contributed by atoms with Crippen LogP contribution in [0, 0.1) is 0 Å². The normalized spacial score (nSPS) is 17.0. The van der Waals surface area contributed by atoms with Gasteiger partial charge in [0.1, 0.15) is 0 Å². The van der Waals surface area contributed by atoms with Crippen molar-refractivity contribution in [2.45, 2.75) is 12.5 Å². The number of hydrogen-bond acceptors (Lipinski definition) is 3. The second-order valence-electron chi connectivity index (χ2n) is 6.67. The Kier molecular flexibility index (Phi) is 5.85. The predicted octanol–water partition coefficient (Wildman–Crippen LogP) is 5.56. The van der Waals surface area contributed by atoms with Crippen LogP contribution in [0.3, 0.4) is 0 Å². The monoisotopic (exact) mass is 426 g/mol. The molecule has 1 unspecified atom stereocenters. The number of thiophene rings is 1. The summed E-state index contributed by atoms with van der Waals surface area (Å²) in [5.41, 5.74) is 3.92. The fraction of sp³-hybridized carbons (Fsp3) is 0.273. The third kappa shape index (κ3) is 4.09. The van der Waals surface area contributed by atoms with Gasteiger partial charge in [-0.1, -0.05) is 54.6 Å². The maximum Gasteiger partial charge on any atom is 0.0702 e. The minimum atomic E-state index is 0.330. The molecule has 3 aromatic rings. The zero-order valence-electron chi connectivity index (χ0n) is 14.7. The van der Waals surface area contributed by atoms with Crippen LogP contribution < -0.4 is 5.32 Å². The lowest BCUT2D eigenvalue weighted by Gasteiger charge is -2.30. The Balaban J connectivity index is 1.67. The first-order valence-electron chi connectivity index (χ1n) is 9.17. The van der Waals surface area contributed by atoms with Crippen molar-refractivity contribution < 1.29 is 0 Å². The van der Waals surface area contributed by atoms with Crippen LogP contribution in [0.5, 0.6) is 0 Å². The van der Waals surface area contributed by atoms with Gasteiger partial charge in [0, 0.05) is 24.5 Å². The van der Waals surface area contributed by atoms with E-state index >= 15 is 0 Å². The molecule has 0 radical (unpaired) electrons. The van der Waals surface area contributed by atoms with E-state index in [0.29, 0.717) is 6.04 Å². The summed E-state index contributed by atoms with van der Waals surface area (Å²) in [6.07, 6.45) is 1.20. The van der Waals surface area contributed by atoms with Crippen LogP contribution in [0.1, 0.15) is 22.9 Å². The molecule has 26 heavy (non-hydrogen) atoms. The van der Waals surface area contributed by atoms with Crippen molar-refractivity contribution in [2.75, 3.05) is 26.2 Å². The van der Waals surface area contributed by atoms with E-state index in [1.54, 1.807) is 0 Å². The predicted molar refractivity (Wildman–Crippen MR) is 115 cm³/mol. The molecule has 0 aliphatic carbocycles. The highest BCUT2D eigenvalue weighted by Crippen LogP contribution is 2.36. The molecule has 2 aromatic carbocycles. The summed E-state index contributed by atoms with van der Waals surface area (Å²) in [4.78, 5) is 4.03. The largest absolute Gasteiger partial charge is 0.315 e. The second-order valence-corrected chi connectivity index (χ2v) is 9.17. The Morgan fingerprint density at radius 2 is 1.62 bits per heavy atom. The van der Waals surface area contributed by atoms with Crippen LogP contribution in [-0.2, 0) is 0 Å². The van der Waals surface area contributed by atoms with Crippen LogP contribution in [0.4, 0.5) is 0 Å². The SMILES string of the molecule is Brc1ccc(C(c2ccc(-c3ccccc3)cc2)N2CCCNCC2)s1. The molecule has 1 atom stereocenters. The van der Waals surface area contributed by atoms with E-state index in [0.717, 1.165) is 26.2 Å². The molecule has 4 rings (SSSR count). The van der Waals surface area contributed by atoms with Crippen molar-refractivity contribution in [1.82, 2.24) is 10.2 Å². The number of benzene rings is 2. The summed E-state index contributed by atoms with van der Waals surface area (Å²) >= 11 is 5.49. The molecule has 2 nitrogen and oxygen atoms in total. The first kappa shape index (κ1) is 17.9. The summed E-state index contributed by atoms with van der Waals surface area (Å²) in [5.74, 6) is 0. The first-order chi connectivity index (χ1) is 12.8. The van der Waals surface area contributed by atoms with Crippen LogP contribution in [-0.4, -0.2) is 31.1 Å². The smallest absolute Gasteiger partial charge is 0.0702 e. The molecule has 0 amide bonds. The molecule has 1 fully saturated rings. The highest BCUT2D eigenvalue weighted by atomic mass is 79.9. The van der Waals surface area contributed by atoms with Crippen molar-refractivity contribution in [3.63, 3.8) is 0 Å². The maximum absolute atomic E-state index is 3.64. The van der Waals surface area contributed by atoms with Gasteiger partial charge in [0.05, 0.1) is 9.83 Å². The Labute approximate surface area is 168 Å². The molecule has 1 aromatic heterocycles. The Morgan fingerprint density at radius 3 is 2.35 bits per heavy atom. The van der Waals surface area contributed by atoms with E-state index in [4.69, 9.17) is 0 Å². The topological polar surface area (TPSA) is 15.3 Å². The average molecular weight is 427 g/mol. The molecule has 4 heteroatoms. The summed E-state index contributed by atoms with van der Waals surface area (Å²) in [6.45, 7) is 4.39. The van der Waals surface area contributed by atoms with E-state index in [2.05, 4.69) is 92.9 Å². The number of rotatable bonds is 4. The van der Waals surface area contributed by atoms with Crippen LogP contribution >= 0.6 is 27.3 Å². The lowest BCUT2D eigenvalue weighted by molar-refractivity contribution is 0.244. The highest BCUT2D eigenvalue weighted by molar-refractivity contribution is 9.11. The Bertz CT molecular complexity index is 821. The minimum Gasteiger partial charge on any atom is -0.315 e. The van der Waals surface area contributed by atoms with Gasteiger partial charge in [-0.05, 0) is 57.7 Å². The number of nitrogens with one attached hydrogen (secondary N) is 1. The second kappa shape index (κ2) is 8.49. The molecule has 134 valence electrons.